The molecule has 0 saturated heterocycles. The molecule has 2 rings (SSSR count). The fraction of sp³-hybridized carbons (Fsp3) is 0.0625. The number of thiocarbonyl (C=S) groups is 1. The normalized spacial score (nSPS) is 9.38. The summed E-state index contributed by atoms with van der Waals surface area (Å²) in [6, 6.07) is 15.2. The number of rotatable bonds is 3. The molecule has 8 heteroatoms. The molecular weight excluding hydrogens is 328 g/mol. The lowest BCUT2D eigenvalue weighted by molar-refractivity contribution is 0.0689. The smallest absolute Gasteiger partial charge is 0.336 e. The van der Waals surface area contributed by atoms with Crippen molar-refractivity contribution in [3.8, 4) is 0 Å². The first kappa shape index (κ1) is 19.1. The maximum Gasteiger partial charge on any atom is 0.336 e. The molecule has 7 nitrogen and oxygen atoms in total. The molecule has 2 aromatic rings. The van der Waals surface area contributed by atoms with Crippen LogP contribution in [0.3, 0.4) is 0 Å². The third kappa shape index (κ3) is 4.77. The second-order valence-corrected chi connectivity index (χ2v) is 5.03. The Morgan fingerprint density at radius 1 is 1.00 bits per heavy atom. The highest BCUT2D eigenvalue weighted by molar-refractivity contribution is 7.80. The Morgan fingerprint density at radius 3 is 2.12 bits per heavy atom. The van der Waals surface area contributed by atoms with E-state index in [-0.39, 0.29) is 22.4 Å². The van der Waals surface area contributed by atoms with Crippen LogP contribution in [0, 0.1) is 0 Å². The highest BCUT2D eigenvalue weighted by Gasteiger charge is 2.17. The van der Waals surface area contributed by atoms with E-state index in [0.29, 0.717) is 0 Å². The Bertz CT molecular complexity index is 737. The summed E-state index contributed by atoms with van der Waals surface area (Å²) in [6.45, 7) is 0. The number of nitrogens with zero attached hydrogens (tertiary/aromatic N) is 1. The Labute approximate surface area is 144 Å². The molecule has 126 valence electrons. The molecular formula is C16H18N4O3S. The van der Waals surface area contributed by atoms with E-state index in [1.165, 1.54) is 17.1 Å². The monoisotopic (exact) mass is 346 g/mol. The van der Waals surface area contributed by atoms with E-state index >= 15 is 0 Å². The highest BCUT2D eigenvalue weighted by atomic mass is 32.1. The third-order valence-corrected chi connectivity index (χ3v) is 3.38. The van der Waals surface area contributed by atoms with Crippen molar-refractivity contribution in [2.75, 3.05) is 12.4 Å². The van der Waals surface area contributed by atoms with Gasteiger partial charge < -0.3 is 16.6 Å². The lowest BCUT2D eigenvalue weighted by atomic mass is 10.1. The summed E-state index contributed by atoms with van der Waals surface area (Å²) >= 11 is 5.20. The van der Waals surface area contributed by atoms with E-state index < -0.39 is 11.9 Å². The predicted octanol–water partition coefficient (Wildman–Crippen LogP) is 2.52. The van der Waals surface area contributed by atoms with E-state index in [0.717, 1.165) is 5.69 Å². The summed E-state index contributed by atoms with van der Waals surface area (Å²) in [5, 5.41) is 13.7. The van der Waals surface area contributed by atoms with E-state index in [9.17, 15) is 9.59 Å². The van der Waals surface area contributed by atoms with Crippen molar-refractivity contribution in [3.05, 3.63) is 65.7 Å². The van der Waals surface area contributed by atoms with Crippen LogP contribution in [0.4, 0.5) is 5.69 Å². The molecule has 0 atom stereocenters. The summed E-state index contributed by atoms with van der Waals surface area (Å²) in [5.74, 6) is -1.72. The number of carboxylic acid groups (broad SMARTS) is 1. The molecule has 0 aromatic heterocycles. The van der Waals surface area contributed by atoms with Crippen molar-refractivity contribution in [2.45, 2.75) is 0 Å². The van der Waals surface area contributed by atoms with Gasteiger partial charge in [-0.15, -0.1) is 0 Å². The average Bonchev–Trinajstić information content (AvgIpc) is 2.55. The van der Waals surface area contributed by atoms with Crippen molar-refractivity contribution in [1.82, 2.24) is 16.6 Å². The number of hydrogen-bond acceptors (Lipinski definition) is 4. The van der Waals surface area contributed by atoms with Crippen LogP contribution in [0.25, 0.3) is 0 Å². The molecule has 0 saturated carbocycles. The van der Waals surface area contributed by atoms with E-state index in [1.807, 2.05) is 30.3 Å². The van der Waals surface area contributed by atoms with Gasteiger partial charge >= 0.3 is 5.97 Å². The highest BCUT2D eigenvalue weighted by Crippen LogP contribution is 2.09. The van der Waals surface area contributed by atoms with Gasteiger partial charge in [0, 0.05) is 12.7 Å². The topological polar surface area (TPSA) is 117 Å². The summed E-state index contributed by atoms with van der Waals surface area (Å²) in [7, 11) is 1.57. The van der Waals surface area contributed by atoms with Gasteiger partial charge in [0.05, 0.1) is 11.1 Å². The number of carbonyl (C=O) groups excluding carboxylic acids is 1. The largest absolute Gasteiger partial charge is 0.478 e. The number of anilines is 1. The zero-order chi connectivity index (χ0) is 16.8. The molecule has 2 aromatic carbocycles. The van der Waals surface area contributed by atoms with Crippen LogP contribution in [0.5, 0.6) is 0 Å². The fourth-order valence-electron chi connectivity index (χ4n) is 1.86. The van der Waals surface area contributed by atoms with Gasteiger partial charge in [0.2, 0.25) is 0 Å². The number of hydrogen-bond donors (Lipinski definition) is 4. The van der Waals surface area contributed by atoms with Gasteiger partial charge in [-0.25, -0.2) is 4.79 Å². The standard InChI is InChI=1S/C16H15N3O3S.H3N/c1-19(16(23)17-11-7-3-2-4-8-11)18-14(20)12-9-5-6-10-13(12)15(21)22;/h2-10H,1H3,(H,17,23)(H,18,20)(H,21,22);1H3. The SMILES string of the molecule is CN(NC(=O)c1ccccc1C(=O)O)C(=S)Nc1ccccc1.N. The summed E-state index contributed by atoms with van der Waals surface area (Å²) in [5.41, 5.74) is 3.32. The average molecular weight is 346 g/mol. The first-order valence-corrected chi connectivity index (χ1v) is 7.13. The van der Waals surface area contributed by atoms with Gasteiger partial charge in [-0.3, -0.25) is 15.2 Å². The molecule has 0 unspecified atom stereocenters. The summed E-state index contributed by atoms with van der Waals surface area (Å²) in [6.07, 6.45) is 0. The molecule has 0 heterocycles. The molecule has 0 spiro atoms. The molecule has 0 radical (unpaired) electrons. The van der Waals surface area contributed by atoms with Crippen LogP contribution in [0.2, 0.25) is 0 Å². The Morgan fingerprint density at radius 2 is 1.54 bits per heavy atom. The van der Waals surface area contributed by atoms with Crippen LogP contribution in [-0.4, -0.2) is 34.2 Å². The quantitative estimate of drug-likeness (QED) is 0.498. The van der Waals surface area contributed by atoms with Crippen molar-refractivity contribution in [2.24, 2.45) is 0 Å². The zero-order valence-electron chi connectivity index (χ0n) is 13.0. The maximum atomic E-state index is 12.2. The van der Waals surface area contributed by atoms with Crippen LogP contribution < -0.4 is 16.9 Å². The van der Waals surface area contributed by atoms with E-state index in [1.54, 1.807) is 19.2 Å². The van der Waals surface area contributed by atoms with Crippen molar-refractivity contribution < 1.29 is 14.7 Å². The zero-order valence-corrected chi connectivity index (χ0v) is 13.8. The number of benzene rings is 2. The van der Waals surface area contributed by atoms with Crippen molar-refractivity contribution in [3.63, 3.8) is 0 Å². The molecule has 1 amide bonds. The Hall–Kier alpha value is -2.97. The molecule has 0 aliphatic heterocycles. The minimum Gasteiger partial charge on any atom is -0.478 e. The number of amides is 1. The van der Waals surface area contributed by atoms with Gasteiger partial charge in [0.25, 0.3) is 5.91 Å². The molecule has 24 heavy (non-hydrogen) atoms. The van der Waals surface area contributed by atoms with Gasteiger partial charge in [-0.1, -0.05) is 30.3 Å². The Kier molecular flexibility index (Phi) is 6.84. The summed E-state index contributed by atoms with van der Waals surface area (Å²) in [4.78, 5) is 23.4. The minimum atomic E-state index is -1.16. The number of nitrogens with one attached hydrogen (secondary N) is 2. The third-order valence-electron chi connectivity index (χ3n) is 3.00. The summed E-state index contributed by atoms with van der Waals surface area (Å²) < 4.78 is 0. The van der Waals surface area contributed by atoms with Gasteiger partial charge in [-0.2, -0.15) is 0 Å². The van der Waals surface area contributed by atoms with Crippen molar-refractivity contribution >= 4 is 34.9 Å². The number of hydrazine groups is 1. The van der Waals surface area contributed by atoms with Crippen LogP contribution in [0.15, 0.2) is 54.6 Å². The first-order chi connectivity index (χ1) is 11.0. The van der Waals surface area contributed by atoms with Gasteiger partial charge in [0.1, 0.15) is 0 Å². The second kappa shape index (κ2) is 8.61. The first-order valence-electron chi connectivity index (χ1n) is 6.72. The second-order valence-electron chi connectivity index (χ2n) is 4.65. The van der Waals surface area contributed by atoms with Gasteiger partial charge in [-0.05, 0) is 36.5 Å². The van der Waals surface area contributed by atoms with Crippen molar-refractivity contribution in [1.29, 1.82) is 0 Å². The minimum absolute atomic E-state index is 0. The molecule has 6 N–H and O–H groups in total. The molecule has 0 aliphatic carbocycles. The number of para-hydroxylation sites is 1. The van der Waals surface area contributed by atoms with Crippen LogP contribution in [0.1, 0.15) is 20.7 Å². The molecule has 0 fully saturated rings. The molecule has 0 bridgehead atoms. The maximum absolute atomic E-state index is 12.2. The van der Waals surface area contributed by atoms with Crippen LogP contribution >= 0.6 is 12.2 Å². The lowest BCUT2D eigenvalue weighted by Gasteiger charge is -2.22. The number of carboxylic acids is 1. The Balaban J connectivity index is 0.00000288. The molecule has 0 aliphatic rings. The predicted molar refractivity (Wildman–Crippen MR) is 96.3 cm³/mol. The number of carbonyl (C=O) groups is 2. The van der Waals surface area contributed by atoms with Gasteiger partial charge in [0.15, 0.2) is 5.11 Å². The number of aromatic carboxylic acids is 1. The van der Waals surface area contributed by atoms with E-state index in [2.05, 4.69) is 10.7 Å². The van der Waals surface area contributed by atoms with Crippen LogP contribution in [-0.2, 0) is 0 Å². The fourth-order valence-corrected chi connectivity index (χ4v) is 2.02. The van der Waals surface area contributed by atoms with E-state index in [4.69, 9.17) is 17.3 Å². The lowest BCUT2D eigenvalue weighted by Crippen LogP contribution is -2.45.